The smallest absolute Gasteiger partial charge is 0.276 e. The standard InChI is InChI=1S/C27H32N4O5S/c1-18-8-10-19(11-9-18)28-24(32)16-23-26(34)30(20-6-4-3-5-7-20)27(37)31(23)29-25(33)17-36-22-14-12-21(35-2)13-15-22/h8-15,20,23H,3-7,16-17H2,1-2H3,(H,28,32)(H,29,33). The maximum Gasteiger partial charge on any atom is 0.276 e. The lowest BCUT2D eigenvalue weighted by Gasteiger charge is -2.31. The zero-order valence-electron chi connectivity index (χ0n) is 21.1. The average molecular weight is 525 g/mol. The van der Waals surface area contributed by atoms with Crippen LogP contribution in [-0.2, 0) is 14.4 Å². The Morgan fingerprint density at radius 1 is 0.973 bits per heavy atom. The van der Waals surface area contributed by atoms with E-state index in [1.54, 1.807) is 48.4 Å². The molecule has 196 valence electrons. The lowest BCUT2D eigenvalue weighted by molar-refractivity contribution is -0.134. The van der Waals surface area contributed by atoms with E-state index >= 15 is 0 Å². The van der Waals surface area contributed by atoms with Crippen molar-refractivity contribution in [3.63, 3.8) is 0 Å². The SMILES string of the molecule is COc1ccc(OCC(=O)NN2C(=S)N(C3CCCCC3)C(=O)C2CC(=O)Nc2ccc(C)cc2)cc1. The van der Waals surface area contributed by atoms with Crippen LogP contribution in [0.1, 0.15) is 44.1 Å². The summed E-state index contributed by atoms with van der Waals surface area (Å²) in [5.74, 6) is 0.0677. The number of ether oxygens (including phenoxy) is 2. The van der Waals surface area contributed by atoms with Gasteiger partial charge in [-0.2, -0.15) is 0 Å². The number of hydrogen-bond acceptors (Lipinski definition) is 6. The van der Waals surface area contributed by atoms with E-state index in [1.165, 1.54) is 5.01 Å². The number of hydrogen-bond donors (Lipinski definition) is 2. The van der Waals surface area contributed by atoms with E-state index in [0.29, 0.717) is 17.2 Å². The van der Waals surface area contributed by atoms with Crippen LogP contribution in [0.2, 0.25) is 0 Å². The highest BCUT2D eigenvalue weighted by Gasteiger charge is 2.47. The molecule has 2 fully saturated rings. The van der Waals surface area contributed by atoms with Crippen LogP contribution >= 0.6 is 12.2 Å². The van der Waals surface area contributed by atoms with Gasteiger partial charge in [0.2, 0.25) is 5.91 Å². The largest absolute Gasteiger partial charge is 0.497 e. The van der Waals surface area contributed by atoms with Gasteiger partial charge in [0, 0.05) is 11.7 Å². The maximum atomic E-state index is 13.5. The van der Waals surface area contributed by atoms with Crippen molar-refractivity contribution in [1.82, 2.24) is 15.3 Å². The number of nitrogens with zero attached hydrogens (tertiary/aromatic N) is 2. The molecular weight excluding hydrogens is 492 g/mol. The van der Waals surface area contributed by atoms with E-state index in [0.717, 1.165) is 37.7 Å². The molecule has 3 amide bonds. The molecule has 0 bridgehead atoms. The van der Waals surface area contributed by atoms with E-state index in [4.69, 9.17) is 21.7 Å². The van der Waals surface area contributed by atoms with Crippen LogP contribution < -0.4 is 20.2 Å². The molecule has 1 aliphatic heterocycles. The van der Waals surface area contributed by atoms with Crippen molar-refractivity contribution >= 4 is 40.7 Å². The van der Waals surface area contributed by atoms with Gasteiger partial charge in [-0.1, -0.05) is 37.0 Å². The Labute approximate surface area is 222 Å². The first-order chi connectivity index (χ1) is 17.9. The summed E-state index contributed by atoms with van der Waals surface area (Å²) in [6, 6.07) is 13.3. The number of amides is 3. The van der Waals surface area contributed by atoms with E-state index in [2.05, 4.69) is 10.7 Å². The van der Waals surface area contributed by atoms with E-state index in [1.807, 2.05) is 19.1 Å². The van der Waals surface area contributed by atoms with Crippen molar-refractivity contribution in [2.24, 2.45) is 0 Å². The molecule has 1 heterocycles. The monoisotopic (exact) mass is 524 g/mol. The third-order valence-corrected chi connectivity index (χ3v) is 6.97. The lowest BCUT2D eigenvalue weighted by atomic mass is 9.94. The fourth-order valence-corrected chi connectivity index (χ4v) is 5.02. The number of nitrogens with one attached hydrogen (secondary N) is 2. The topological polar surface area (TPSA) is 100 Å². The number of hydrazine groups is 1. The predicted molar refractivity (Wildman–Crippen MR) is 143 cm³/mol. The van der Waals surface area contributed by atoms with Gasteiger partial charge in [0.15, 0.2) is 11.7 Å². The molecule has 2 N–H and O–H groups in total. The summed E-state index contributed by atoms with van der Waals surface area (Å²) in [5.41, 5.74) is 4.42. The van der Waals surface area contributed by atoms with Gasteiger partial charge in [0.1, 0.15) is 17.5 Å². The first-order valence-corrected chi connectivity index (χ1v) is 12.9. The van der Waals surface area contributed by atoms with Crippen LogP contribution in [0.5, 0.6) is 11.5 Å². The van der Waals surface area contributed by atoms with Crippen LogP contribution in [0.25, 0.3) is 0 Å². The molecule has 4 rings (SSSR count). The van der Waals surface area contributed by atoms with E-state index in [9.17, 15) is 14.4 Å². The summed E-state index contributed by atoms with van der Waals surface area (Å²) in [5, 5.41) is 4.39. The molecule has 2 aliphatic rings. The van der Waals surface area contributed by atoms with Crippen molar-refractivity contribution < 1.29 is 23.9 Å². The van der Waals surface area contributed by atoms with Crippen LogP contribution in [0, 0.1) is 6.92 Å². The molecule has 9 nitrogen and oxygen atoms in total. The zero-order chi connectivity index (χ0) is 26.4. The Bertz CT molecular complexity index is 1130. The molecule has 0 spiro atoms. The normalized spacial score (nSPS) is 18.1. The van der Waals surface area contributed by atoms with Crippen LogP contribution in [-0.4, -0.2) is 58.5 Å². The van der Waals surface area contributed by atoms with Gasteiger partial charge in [-0.25, -0.2) is 5.01 Å². The Kier molecular flexibility index (Phi) is 8.60. The summed E-state index contributed by atoms with van der Waals surface area (Å²) < 4.78 is 10.7. The van der Waals surface area contributed by atoms with E-state index in [-0.39, 0.29) is 36.0 Å². The molecule has 10 heteroatoms. The number of aryl methyl sites for hydroxylation is 1. The van der Waals surface area contributed by atoms with Gasteiger partial charge in [-0.05, 0) is 68.4 Å². The average Bonchev–Trinajstić information content (AvgIpc) is 3.13. The summed E-state index contributed by atoms with van der Waals surface area (Å²) >= 11 is 5.65. The Morgan fingerprint density at radius 3 is 2.27 bits per heavy atom. The molecule has 1 aliphatic carbocycles. The third-order valence-electron chi connectivity index (χ3n) is 6.57. The zero-order valence-corrected chi connectivity index (χ0v) is 21.9. The summed E-state index contributed by atoms with van der Waals surface area (Å²) in [4.78, 5) is 40.8. The predicted octanol–water partition coefficient (Wildman–Crippen LogP) is 3.57. The van der Waals surface area contributed by atoms with E-state index < -0.39 is 11.9 Å². The molecule has 1 saturated heterocycles. The van der Waals surface area contributed by atoms with Crippen molar-refractivity contribution in [2.75, 3.05) is 19.0 Å². The summed E-state index contributed by atoms with van der Waals surface area (Å²) in [6.07, 6.45) is 4.68. The Morgan fingerprint density at radius 2 is 1.62 bits per heavy atom. The molecule has 37 heavy (non-hydrogen) atoms. The molecule has 2 aromatic rings. The molecule has 0 aromatic heterocycles. The fourth-order valence-electron chi connectivity index (χ4n) is 4.61. The fraction of sp³-hybridized carbons (Fsp3) is 0.407. The Hall–Kier alpha value is -3.66. The number of thiocarbonyl (C=S) groups is 1. The first-order valence-electron chi connectivity index (χ1n) is 12.4. The number of methoxy groups -OCH3 is 1. The first kappa shape index (κ1) is 26.4. The van der Waals surface area contributed by atoms with Gasteiger partial charge in [0.05, 0.1) is 13.5 Å². The quantitative estimate of drug-likeness (QED) is 0.484. The summed E-state index contributed by atoms with van der Waals surface area (Å²) in [7, 11) is 1.57. The highest BCUT2D eigenvalue weighted by molar-refractivity contribution is 7.80. The number of anilines is 1. The summed E-state index contributed by atoms with van der Waals surface area (Å²) in [6.45, 7) is 1.67. The van der Waals surface area contributed by atoms with Gasteiger partial charge in [-0.3, -0.25) is 24.7 Å². The van der Waals surface area contributed by atoms with Gasteiger partial charge in [0.25, 0.3) is 11.8 Å². The minimum Gasteiger partial charge on any atom is -0.497 e. The third kappa shape index (κ3) is 6.56. The van der Waals surface area contributed by atoms with Crippen molar-refractivity contribution in [1.29, 1.82) is 0 Å². The highest BCUT2D eigenvalue weighted by atomic mass is 32.1. The molecule has 2 aromatic carbocycles. The second-order valence-electron chi connectivity index (χ2n) is 9.29. The second-order valence-corrected chi connectivity index (χ2v) is 9.65. The van der Waals surface area contributed by atoms with Crippen LogP contribution in [0.15, 0.2) is 48.5 Å². The second kappa shape index (κ2) is 12.1. The number of rotatable bonds is 9. The molecule has 1 saturated carbocycles. The van der Waals surface area contributed by atoms with Crippen LogP contribution in [0.4, 0.5) is 5.69 Å². The molecule has 1 atom stereocenters. The van der Waals surface area contributed by atoms with Crippen molar-refractivity contribution in [3.8, 4) is 11.5 Å². The van der Waals surface area contributed by atoms with Gasteiger partial charge in [-0.15, -0.1) is 0 Å². The molecule has 1 unspecified atom stereocenters. The molecule has 0 radical (unpaired) electrons. The van der Waals surface area contributed by atoms with Gasteiger partial charge < -0.3 is 14.8 Å². The number of benzene rings is 2. The minimum absolute atomic E-state index is 0.0335. The maximum absolute atomic E-state index is 13.5. The number of carbonyl (C=O) groups is 3. The highest BCUT2D eigenvalue weighted by Crippen LogP contribution is 2.29. The lowest BCUT2D eigenvalue weighted by Crippen LogP contribution is -2.51. The van der Waals surface area contributed by atoms with Crippen molar-refractivity contribution in [2.45, 2.75) is 57.5 Å². The van der Waals surface area contributed by atoms with Gasteiger partial charge >= 0.3 is 0 Å². The number of carbonyl (C=O) groups excluding carboxylic acids is 3. The van der Waals surface area contributed by atoms with Crippen LogP contribution in [0.3, 0.4) is 0 Å². The Balaban J connectivity index is 1.44. The minimum atomic E-state index is -0.940. The molecular formula is C27H32N4O5S. The van der Waals surface area contributed by atoms with Crippen molar-refractivity contribution in [3.05, 3.63) is 54.1 Å².